The van der Waals surface area contributed by atoms with Gasteiger partial charge in [-0.05, 0) is 23.7 Å². The Hall–Kier alpha value is -0.300. The minimum atomic E-state index is 0.0278. The molecule has 0 aromatic carbocycles. The van der Waals surface area contributed by atoms with Gasteiger partial charge in [0.15, 0.2) is 0 Å². The van der Waals surface area contributed by atoms with Crippen LogP contribution in [0.25, 0.3) is 0 Å². The average Bonchev–Trinajstić information content (AvgIpc) is 2.38. The highest BCUT2D eigenvalue weighted by Crippen LogP contribution is 2.46. The van der Waals surface area contributed by atoms with Crippen LogP contribution in [0.3, 0.4) is 0 Å². The molecular formula is C10H18O. The number of rotatable bonds is 2. The van der Waals surface area contributed by atoms with Crippen molar-refractivity contribution < 1.29 is 5.11 Å². The first-order chi connectivity index (χ1) is 5.02. The molecule has 0 radical (unpaired) electrons. The lowest BCUT2D eigenvalue weighted by molar-refractivity contribution is 0.0574. The Morgan fingerprint density at radius 2 is 2.18 bits per heavy atom. The topological polar surface area (TPSA) is 20.2 Å². The standard InChI is InChI=1S/C10H18O/c1-9(2,8-11)10(3)6-4-5-7-10/h4,6,11H,5,7-8H2,1-3H3/t10-/m0/s1. The van der Waals surface area contributed by atoms with Crippen LogP contribution >= 0.6 is 0 Å². The SMILES string of the molecule is CC(C)(CO)[C@@]1(C)C=CCC1. The fourth-order valence-electron chi connectivity index (χ4n) is 1.55. The molecule has 0 aliphatic heterocycles. The van der Waals surface area contributed by atoms with E-state index in [1.807, 2.05) is 0 Å². The Kier molecular flexibility index (Phi) is 2.10. The highest BCUT2D eigenvalue weighted by molar-refractivity contribution is 5.10. The lowest BCUT2D eigenvalue weighted by atomic mass is 9.67. The third-order valence-electron chi connectivity index (χ3n) is 3.26. The van der Waals surface area contributed by atoms with Crippen molar-refractivity contribution in [3.05, 3.63) is 12.2 Å². The van der Waals surface area contributed by atoms with Gasteiger partial charge < -0.3 is 5.11 Å². The van der Waals surface area contributed by atoms with Crippen LogP contribution < -0.4 is 0 Å². The second-order valence-corrected chi connectivity index (χ2v) is 4.40. The summed E-state index contributed by atoms with van der Waals surface area (Å²) in [6.07, 6.45) is 6.82. The molecule has 0 heterocycles. The van der Waals surface area contributed by atoms with Crippen LogP contribution in [0.2, 0.25) is 0 Å². The van der Waals surface area contributed by atoms with E-state index in [2.05, 4.69) is 32.9 Å². The van der Waals surface area contributed by atoms with Crippen molar-refractivity contribution in [1.82, 2.24) is 0 Å². The molecule has 1 aliphatic rings. The lowest BCUT2D eigenvalue weighted by Gasteiger charge is -2.39. The van der Waals surface area contributed by atoms with Gasteiger partial charge in [-0.15, -0.1) is 0 Å². The molecule has 1 heteroatoms. The second kappa shape index (κ2) is 2.63. The van der Waals surface area contributed by atoms with Gasteiger partial charge in [-0.2, -0.15) is 0 Å². The van der Waals surface area contributed by atoms with Crippen molar-refractivity contribution in [3.8, 4) is 0 Å². The average molecular weight is 154 g/mol. The summed E-state index contributed by atoms with van der Waals surface area (Å²) in [5.74, 6) is 0. The second-order valence-electron chi connectivity index (χ2n) is 4.40. The number of hydrogen-bond donors (Lipinski definition) is 1. The van der Waals surface area contributed by atoms with Crippen LogP contribution in [0.15, 0.2) is 12.2 Å². The summed E-state index contributed by atoms with van der Waals surface area (Å²) in [7, 11) is 0. The van der Waals surface area contributed by atoms with Crippen LogP contribution in [0.4, 0.5) is 0 Å². The fraction of sp³-hybridized carbons (Fsp3) is 0.800. The summed E-state index contributed by atoms with van der Waals surface area (Å²) < 4.78 is 0. The van der Waals surface area contributed by atoms with Gasteiger partial charge in [0.25, 0.3) is 0 Å². The van der Waals surface area contributed by atoms with E-state index >= 15 is 0 Å². The predicted octanol–water partition coefficient (Wildman–Crippen LogP) is 2.36. The van der Waals surface area contributed by atoms with Crippen molar-refractivity contribution in [1.29, 1.82) is 0 Å². The van der Waals surface area contributed by atoms with Crippen LogP contribution in [0.1, 0.15) is 33.6 Å². The molecule has 1 N–H and O–H groups in total. The molecule has 1 rings (SSSR count). The summed E-state index contributed by atoms with van der Waals surface area (Å²) in [5, 5.41) is 9.19. The summed E-state index contributed by atoms with van der Waals surface area (Å²) >= 11 is 0. The van der Waals surface area contributed by atoms with Crippen LogP contribution in [0.5, 0.6) is 0 Å². The van der Waals surface area contributed by atoms with E-state index in [0.29, 0.717) is 0 Å². The maximum absolute atomic E-state index is 9.19. The molecule has 1 aliphatic carbocycles. The number of aliphatic hydroxyl groups excluding tert-OH is 1. The number of aliphatic hydroxyl groups is 1. The van der Waals surface area contributed by atoms with E-state index in [4.69, 9.17) is 0 Å². The monoisotopic (exact) mass is 154 g/mol. The Bertz CT molecular complexity index is 170. The Balaban J connectivity index is 2.79. The largest absolute Gasteiger partial charge is 0.396 e. The molecule has 0 spiro atoms. The molecule has 0 aromatic rings. The van der Waals surface area contributed by atoms with Crippen molar-refractivity contribution in [2.24, 2.45) is 10.8 Å². The maximum atomic E-state index is 9.19. The molecule has 0 amide bonds. The summed E-state index contributed by atoms with van der Waals surface area (Å²) in [6, 6.07) is 0. The van der Waals surface area contributed by atoms with E-state index in [1.54, 1.807) is 0 Å². The van der Waals surface area contributed by atoms with E-state index in [-0.39, 0.29) is 17.4 Å². The normalized spacial score (nSPS) is 31.3. The Labute approximate surface area is 69.1 Å². The third kappa shape index (κ3) is 1.34. The summed E-state index contributed by atoms with van der Waals surface area (Å²) in [5.41, 5.74) is 0.238. The smallest absolute Gasteiger partial charge is 0.0490 e. The quantitative estimate of drug-likeness (QED) is 0.605. The van der Waals surface area contributed by atoms with Gasteiger partial charge in [0.2, 0.25) is 0 Å². The molecule has 0 saturated carbocycles. The van der Waals surface area contributed by atoms with Gasteiger partial charge in [0.05, 0.1) is 0 Å². The van der Waals surface area contributed by atoms with Crippen molar-refractivity contribution in [2.75, 3.05) is 6.61 Å². The zero-order valence-corrected chi connectivity index (χ0v) is 7.72. The zero-order chi connectivity index (χ0) is 8.54. The van der Waals surface area contributed by atoms with E-state index in [0.717, 1.165) is 0 Å². The summed E-state index contributed by atoms with van der Waals surface area (Å²) in [4.78, 5) is 0. The van der Waals surface area contributed by atoms with E-state index in [1.165, 1.54) is 12.8 Å². The minimum absolute atomic E-state index is 0.0278. The van der Waals surface area contributed by atoms with Crippen LogP contribution in [0, 0.1) is 10.8 Å². The Morgan fingerprint density at radius 1 is 1.55 bits per heavy atom. The van der Waals surface area contributed by atoms with E-state index < -0.39 is 0 Å². The molecule has 0 unspecified atom stereocenters. The molecule has 0 fully saturated rings. The first-order valence-corrected chi connectivity index (χ1v) is 4.30. The third-order valence-corrected chi connectivity index (χ3v) is 3.26. The molecule has 64 valence electrons. The van der Waals surface area contributed by atoms with Gasteiger partial charge in [0, 0.05) is 6.61 Å². The Morgan fingerprint density at radius 3 is 2.55 bits per heavy atom. The molecule has 0 aromatic heterocycles. The van der Waals surface area contributed by atoms with Gasteiger partial charge in [0.1, 0.15) is 0 Å². The van der Waals surface area contributed by atoms with E-state index in [9.17, 15) is 5.11 Å². The fourth-order valence-corrected chi connectivity index (χ4v) is 1.55. The van der Waals surface area contributed by atoms with Crippen LogP contribution in [-0.4, -0.2) is 11.7 Å². The molecule has 0 bridgehead atoms. The predicted molar refractivity (Wildman–Crippen MR) is 47.3 cm³/mol. The highest BCUT2D eigenvalue weighted by Gasteiger charge is 2.39. The maximum Gasteiger partial charge on any atom is 0.0490 e. The van der Waals surface area contributed by atoms with Crippen molar-refractivity contribution in [2.45, 2.75) is 33.6 Å². The molecule has 1 nitrogen and oxygen atoms in total. The minimum Gasteiger partial charge on any atom is -0.396 e. The first-order valence-electron chi connectivity index (χ1n) is 4.30. The van der Waals surface area contributed by atoms with Crippen LogP contribution in [-0.2, 0) is 0 Å². The zero-order valence-electron chi connectivity index (χ0n) is 7.72. The molecule has 11 heavy (non-hydrogen) atoms. The van der Waals surface area contributed by atoms with Gasteiger partial charge >= 0.3 is 0 Å². The van der Waals surface area contributed by atoms with Gasteiger partial charge in [-0.25, -0.2) is 0 Å². The first kappa shape index (κ1) is 8.79. The molecular weight excluding hydrogens is 136 g/mol. The summed E-state index contributed by atoms with van der Waals surface area (Å²) in [6.45, 7) is 6.76. The molecule has 1 atom stereocenters. The molecule has 0 saturated heterocycles. The highest BCUT2D eigenvalue weighted by atomic mass is 16.3. The number of allylic oxidation sites excluding steroid dienone is 2. The number of hydrogen-bond acceptors (Lipinski definition) is 1. The lowest BCUT2D eigenvalue weighted by Crippen LogP contribution is -2.35. The van der Waals surface area contributed by atoms with Crippen molar-refractivity contribution >= 4 is 0 Å². The van der Waals surface area contributed by atoms with Crippen molar-refractivity contribution in [3.63, 3.8) is 0 Å². The van der Waals surface area contributed by atoms with Gasteiger partial charge in [-0.3, -0.25) is 0 Å². The van der Waals surface area contributed by atoms with Gasteiger partial charge in [-0.1, -0.05) is 32.9 Å².